The summed E-state index contributed by atoms with van der Waals surface area (Å²) in [4.78, 5) is 2.57. The number of aliphatic hydroxyl groups is 1. The van der Waals surface area contributed by atoms with E-state index in [1.165, 1.54) is 44.6 Å². The van der Waals surface area contributed by atoms with Crippen LogP contribution >= 0.6 is 11.8 Å². The minimum atomic E-state index is 0.330. The number of rotatable bonds is 6. The quantitative estimate of drug-likeness (QED) is 0.687. The van der Waals surface area contributed by atoms with Crippen molar-refractivity contribution < 1.29 is 5.11 Å². The number of thioether (sulfide) groups is 1. The van der Waals surface area contributed by atoms with Crippen molar-refractivity contribution in [3.05, 3.63) is 0 Å². The van der Waals surface area contributed by atoms with Gasteiger partial charge in [0.05, 0.1) is 0 Å². The molecule has 1 aliphatic heterocycles. The van der Waals surface area contributed by atoms with E-state index in [0.717, 1.165) is 5.75 Å². The first-order valence-corrected chi connectivity index (χ1v) is 6.89. The summed E-state index contributed by atoms with van der Waals surface area (Å²) >= 11 is 1.98. The Morgan fingerprint density at radius 2 is 2.00 bits per heavy atom. The van der Waals surface area contributed by atoms with Crippen molar-refractivity contribution in [2.75, 3.05) is 37.7 Å². The molecule has 0 saturated carbocycles. The topological polar surface area (TPSA) is 23.5 Å². The second-order valence-electron chi connectivity index (χ2n) is 4.26. The van der Waals surface area contributed by atoms with Crippen molar-refractivity contribution in [2.45, 2.75) is 26.2 Å². The first-order chi connectivity index (χ1) is 6.83. The average molecular weight is 217 g/mol. The van der Waals surface area contributed by atoms with Gasteiger partial charge in [-0.05, 0) is 37.6 Å². The second kappa shape index (κ2) is 7.55. The van der Waals surface area contributed by atoms with Gasteiger partial charge in [-0.25, -0.2) is 0 Å². The molecule has 0 amide bonds. The van der Waals surface area contributed by atoms with Gasteiger partial charge >= 0.3 is 0 Å². The van der Waals surface area contributed by atoms with E-state index < -0.39 is 0 Å². The van der Waals surface area contributed by atoms with Crippen LogP contribution in [0.5, 0.6) is 0 Å². The van der Waals surface area contributed by atoms with Crippen LogP contribution in [0, 0.1) is 5.92 Å². The minimum absolute atomic E-state index is 0.330. The number of aliphatic hydroxyl groups excluding tert-OH is 1. The molecule has 1 fully saturated rings. The summed E-state index contributed by atoms with van der Waals surface area (Å²) in [7, 11) is 0. The van der Waals surface area contributed by atoms with Crippen LogP contribution in [0.25, 0.3) is 0 Å². The molecule has 0 radical (unpaired) electrons. The van der Waals surface area contributed by atoms with Gasteiger partial charge in [0.25, 0.3) is 0 Å². The van der Waals surface area contributed by atoms with Crippen molar-refractivity contribution in [3.63, 3.8) is 0 Å². The molecule has 3 heteroatoms. The van der Waals surface area contributed by atoms with E-state index in [1.54, 1.807) is 0 Å². The molecule has 0 aliphatic carbocycles. The third kappa shape index (κ3) is 5.23. The van der Waals surface area contributed by atoms with Crippen molar-refractivity contribution in [2.24, 2.45) is 5.92 Å². The van der Waals surface area contributed by atoms with Gasteiger partial charge in [0.15, 0.2) is 0 Å². The molecule has 1 heterocycles. The number of piperidine rings is 1. The molecular weight excluding hydrogens is 194 g/mol. The molecule has 1 atom stereocenters. The molecule has 0 aromatic rings. The maximum atomic E-state index is 8.86. The zero-order valence-corrected chi connectivity index (χ0v) is 10.1. The van der Waals surface area contributed by atoms with Crippen LogP contribution in [0.1, 0.15) is 26.2 Å². The summed E-state index contributed by atoms with van der Waals surface area (Å²) in [5, 5.41) is 8.86. The van der Waals surface area contributed by atoms with Gasteiger partial charge in [0, 0.05) is 18.9 Å². The van der Waals surface area contributed by atoms with Crippen LogP contribution in [0.15, 0.2) is 0 Å². The van der Waals surface area contributed by atoms with Crippen molar-refractivity contribution in [1.82, 2.24) is 4.90 Å². The number of hydrogen-bond donors (Lipinski definition) is 1. The van der Waals surface area contributed by atoms with Gasteiger partial charge in [-0.15, -0.1) is 0 Å². The first kappa shape index (κ1) is 12.3. The SMILES string of the molecule is CC(CO)CSCCN1CCCCC1. The van der Waals surface area contributed by atoms with Gasteiger partial charge < -0.3 is 10.0 Å². The summed E-state index contributed by atoms with van der Waals surface area (Å²) < 4.78 is 0. The molecule has 14 heavy (non-hydrogen) atoms. The Morgan fingerprint density at radius 1 is 1.29 bits per heavy atom. The first-order valence-electron chi connectivity index (χ1n) is 5.74. The number of likely N-dealkylation sites (tertiary alicyclic amines) is 1. The van der Waals surface area contributed by atoms with E-state index in [1.807, 2.05) is 11.8 Å². The van der Waals surface area contributed by atoms with Crippen LogP contribution < -0.4 is 0 Å². The maximum Gasteiger partial charge on any atom is 0.0464 e. The van der Waals surface area contributed by atoms with Gasteiger partial charge in [-0.2, -0.15) is 11.8 Å². The van der Waals surface area contributed by atoms with Crippen molar-refractivity contribution in [3.8, 4) is 0 Å². The molecule has 84 valence electrons. The van der Waals surface area contributed by atoms with Crippen molar-refractivity contribution >= 4 is 11.8 Å². The molecule has 0 aromatic heterocycles. The highest BCUT2D eigenvalue weighted by molar-refractivity contribution is 7.99. The summed E-state index contributed by atoms with van der Waals surface area (Å²) in [5.74, 6) is 2.79. The molecular formula is C11H23NOS. The Kier molecular flexibility index (Phi) is 6.65. The Morgan fingerprint density at radius 3 is 2.64 bits per heavy atom. The standard InChI is InChI=1S/C11H23NOS/c1-11(9-13)10-14-8-7-12-5-3-2-4-6-12/h11,13H,2-10H2,1H3. The largest absolute Gasteiger partial charge is 0.396 e. The van der Waals surface area contributed by atoms with Gasteiger partial charge in [-0.3, -0.25) is 0 Å². The maximum absolute atomic E-state index is 8.86. The van der Waals surface area contributed by atoms with Crippen LogP contribution in [-0.4, -0.2) is 47.8 Å². The van der Waals surface area contributed by atoms with E-state index in [0.29, 0.717) is 12.5 Å². The minimum Gasteiger partial charge on any atom is -0.396 e. The molecule has 1 aliphatic rings. The highest BCUT2D eigenvalue weighted by Crippen LogP contribution is 2.11. The zero-order chi connectivity index (χ0) is 10.2. The Balaban J connectivity index is 1.92. The number of hydrogen-bond acceptors (Lipinski definition) is 3. The lowest BCUT2D eigenvalue weighted by Crippen LogP contribution is -2.31. The average Bonchev–Trinajstić information content (AvgIpc) is 2.25. The summed E-state index contributed by atoms with van der Waals surface area (Å²) in [5.41, 5.74) is 0. The fourth-order valence-electron chi connectivity index (χ4n) is 1.71. The predicted molar refractivity (Wildman–Crippen MR) is 63.9 cm³/mol. The summed E-state index contributed by atoms with van der Waals surface area (Å²) in [6.07, 6.45) is 4.20. The van der Waals surface area contributed by atoms with Crippen LogP contribution in [0.4, 0.5) is 0 Å². The molecule has 1 N–H and O–H groups in total. The fourth-order valence-corrected chi connectivity index (χ4v) is 2.78. The molecule has 1 saturated heterocycles. The van der Waals surface area contributed by atoms with E-state index >= 15 is 0 Å². The van der Waals surface area contributed by atoms with Gasteiger partial charge in [0.2, 0.25) is 0 Å². The molecule has 1 rings (SSSR count). The van der Waals surface area contributed by atoms with Crippen LogP contribution in [-0.2, 0) is 0 Å². The van der Waals surface area contributed by atoms with E-state index in [4.69, 9.17) is 5.11 Å². The third-order valence-electron chi connectivity index (χ3n) is 2.71. The summed E-state index contributed by atoms with van der Waals surface area (Å²) in [6.45, 7) is 6.28. The zero-order valence-electron chi connectivity index (χ0n) is 9.24. The third-order valence-corrected chi connectivity index (χ3v) is 3.99. The normalized spacial score (nSPS) is 21.0. The van der Waals surface area contributed by atoms with E-state index in [2.05, 4.69) is 11.8 Å². The van der Waals surface area contributed by atoms with E-state index in [9.17, 15) is 0 Å². The molecule has 2 nitrogen and oxygen atoms in total. The molecule has 0 spiro atoms. The highest BCUT2D eigenvalue weighted by atomic mass is 32.2. The van der Waals surface area contributed by atoms with Gasteiger partial charge in [-0.1, -0.05) is 13.3 Å². The van der Waals surface area contributed by atoms with Crippen LogP contribution in [0.3, 0.4) is 0 Å². The predicted octanol–water partition coefficient (Wildman–Crippen LogP) is 1.83. The molecule has 1 unspecified atom stereocenters. The smallest absolute Gasteiger partial charge is 0.0464 e. The van der Waals surface area contributed by atoms with E-state index in [-0.39, 0.29) is 0 Å². The Labute approximate surface area is 92.1 Å². The summed E-state index contributed by atoms with van der Waals surface area (Å²) in [6, 6.07) is 0. The lowest BCUT2D eigenvalue weighted by atomic mass is 10.1. The lowest BCUT2D eigenvalue weighted by molar-refractivity contribution is 0.241. The molecule has 0 aromatic carbocycles. The molecule has 0 bridgehead atoms. The van der Waals surface area contributed by atoms with Gasteiger partial charge in [0.1, 0.15) is 0 Å². The fraction of sp³-hybridized carbons (Fsp3) is 1.00. The van der Waals surface area contributed by atoms with Crippen LogP contribution in [0.2, 0.25) is 0 Å². The Hall–Kier alpha value is 0.270. The monoisotopic (exact) mass is 217 g/mol. The number of nitrogens with zero attached hydrogens (tertiary/aromatic N) is 1. The lowest BCUT2D eigenvalue weighted by Gasteiger charge is -2.26. The van der Waals surface area contributed by atoms with Crippen molar-refractivity contribution in [1.29, 1.82) is 0 Å². The Bertz CT molecular complexity index is 137. The second-order valence-corrected chi connectivity index (χ2v) is 5.41. The highest BCUT2D eigenvalue weighted by Gasteiger charge is 2.09.